The maximum atomic E-state index is 13.9. The molecule has 5 aromatic rings. The van der Waals surface area contributed by atoms with Crippen LogP contribution in [0, 0.1) is 5.92 Å². The number of aromatic amines is 1. The van der Waals surface area contributed by atoms with Crippen LogP contribution < -0.4 is 16.0 Å². The van der Waals surface area contributed by atoms with E-state index in [4.69, 9.17) is 9.47 Å². The van der Waals surface area contributed by atoms with Crippen molar-refractivity contribution in [3.8, 4) is 22.4 Å². The van der Waals surface area contributed by atoms with Gasteiger partial charge < -0.3 is 40.2 Å². The highest BCUT2D eigenvalue weighted by Gasteiger charge is 2.38. The third-order valence-corrected chi connectivity index (χ3v) is 10.7. The first-order chi connectivity index (χ1) is 28.2. The average molecular weight is 784 g/mol. The molecule has 58 heavy (non-hydrogen) atoms. The minimum absolute atomic E-state index is 0.178. The van der Waals surface area contributed by atoms with E-state index in [1.165, 1.54) is 14.2 Å². The molecule has 2 saturated heterocycles. The predicted octanol–water partition coefficient (Wildman–Crippen LogP) is 6.39. The SMILES string of the molecule is COC(=O)N[C@H](C(=O)N1CC[C@@H](C(=O)Nc2ccc(-c3ccc(-c4cnc([C@@H]5CCCN5C(=O)[C@H](NC(=O)OC)c5ccccc5)[nH]4)cc3)cc2)C1)c1ccccc1. The van der Waals surface area contributed by atoms with Gasteiger partial charge >= 0.3 is 12.2 Å². The molecule has 2 aliphatic rings. The van der Waals surface area contributed by atoms with Crippen LogP contribution in [0.15, 0.2) is 115 Å². The van der Waals surface area contributed by atoms with Gasteiger partial charge in [-0.2, -0.15) is 0 Å². The maximum absolute atomic E-state index is 13.9. The van der Waals surface area contributed by atoms with Crippen molar-refractivity contribution in [1.82, 2.24) is 30.4 Å². The van der Waals surface area contributed by atoms with Gasteiger partial charge in [0.2, 0.25) is 11.8 Å². The number of likely N-dealkylation sites (tertiary alicyclic amines) is 2. The molecule has 5 amide bonds. The van der Waals surface area contributed by atoms with Crippen LogP contribution in [0.1, 0.15) is 54.3 Å². The molecule has 0 aliphatic carbocycles. The largest absolute Gasteiger partial charge is 0.453 e. The van der Waals surface area contributed by atoms with E-state index in [-0.39, 0.29) is 30.3 Å². The van der Waals surface area contributed by atoms with Crippen molar-refractivity contribution in [2.75, 3.05) is 39.2 Å². The molecule has 7 rings (SSSR count). The highest BCUT2D eigenvalue weighted by molar-refractivity contribution is 5.94. The van der Waals surface area contributed by atoms with E-state index in [0.717, 1.165) is 35.2 Å². The molecule has 298 valence electrons. The van der Waals surface area contributed by atoms with E-state index in [2.05, 4.69) is 25.9 Å². The molecule has 4 atom stereocenters. The summed E-state index contributed by atoms with van der Waals surface area (Å²) in [7, 11) is 2.51. The van der Waals surface area contributed by atoms with E-state index in [1.54, 1.807) is 52.4 Å². The summed E-state index contributed by atoms with van der Waals surface area (Å²) in [6.45, 7) is 1.16. The highest BCUT2D eigenvalue weighted by atomic mass is 16.5. The molecule has 2 aliphatic heterocycles. The Morgan fingerprint density at radius 3 is 1.83 bits per heavy atom. The van der Waals surface area contributed by atoms with Gasteiger partial charge in [0, 0.05) is 25.3 Å². The Morgan fingerprint density at radius 1 is 0.690 bits per heavy atom. The molecular weight excluding hydrogens is 739 g/mol. The molecule has 0 spiro atoms. The van der Waals surface area contributed by atoms with Crippen molar-refractivity contribution in [2.45, 2.75) is 37.4 Å². The number of methoxy groups -OCH3 is 2. The number of nitrogens with zero attached hydrogens (tertiary/aromatic N) is 3. The van der Waals surface area contributed by atoms with Crippen LogP contribution in [-0.4, -0.2) is 83.5 Å². The van der Waals surface area contributed by atoms with Crippen molar-refractivity contribution in [2.24, 2.45) is 5.92 Å². The van der Waals surface area contributed by atoms with E-state index >= 15 is 0 Å². The van der Waals surface area contributed by atoms with Crippen LogP contribution in [-0.2, 0) is 23.9 Å². The van der Waals surface area contributed by atoms with Crippen molar-refractivity contribution >= 4 is 35.6 Å². The number of hydrogen-bond donors (Lipinski definition) is 4. The molecule has 1 aromatic heterocycles. The second-order valence-electron chi connectivity index (χ2n) is 14.2. The Bertz CT molecular complexity index is 2230. The van der Waals surface area contributed by atoms with Gasteiger partial charge in [0.15, 0.2) is 0 Å². The number of nitrogens with one attached hydrogen (secondary N) is 4. The summed E-state index contributed by atoms with van der Waals surface area (Å²) in [6.07, 6.45) is 2.41. The number of H-pyrrole nitrogens is 1. The zero-order valence-electron chi connectivity index (χ0n) is 32.2. The molecule has 0 radical (unpaired) electrons. The maximum Gasteiger partial charge on any atom is 0.407 e. The summed E-state index contributed by atoms with van der Waals surface area (Å²) in [4.78, 5) is 76.3. The zero-order chi connectivity index (χ0) is 40.6. The van der Waals surface area contributed by atoms with E-state index in [1.807, 2.05) is 72.8 Å². The second-order valence-corrected chi connectivity index (χ2v) is 14.2. The number of hydrogen-bond acceptors (Lipinski definition) is 8. The van der Waals surface area contributed by atoms with Gasteiger partial charge in [0.05, 0.1) is 38.1 Å². The Kier molecular flexibility index (Phi) is 12.1. The first-order valence-electron chi connectivity index (χ1n) is 19.2. The normalized spacial score (nSPS) is 17.2. The van der Waals surface area contributed by atoms with Gasteiger partial charge in [-0.25, -0.2) is 14.6 Å². The quantitative estimate of drug-likeness (QED) is 0.119. The monoisotopic (exact) mass is 783 g/mol. The van der Waals surface area contributed by atoms with Crippen LogP contribution >= 0.6 is 0 Å². The number of imidazole rings is 1. The highest BCUT2D eigenvalue weighted by Crippen LogP contribution is 2.34. The summed E-state index contributed by atoms with van der Waals surface area (Å²) in [6, 6.07) is 31.6. The van der Waals surface area contributed by atoms with Crippen LogP contribution in [0.3, 0.4) is 0 Å². The Morgan fingerprint density at radius 2 is 1.24 bits per heavy atom. The number of benzene rings is 4. The lowest BCUT2D eigenvalue weighted by Crippen LogP contribution is -2.42. The molecule has 14 heteroatoms. The Balaban J connectivity index is 0.955. The molecule has 2 fully saturated rings. The van der Waals surface area contributed by atoms with Crippen molar-refractivity contribution in [3.05, 3.63) is 132 Å². The lowest BCUT2D eigenvalue weighted by Gasteiger charge is -2.28. The molecule has 0 bridgehead atoms. The minimum atomic E-state index is -0.924. The van der Waals surface area contributed by atoms with Crippen molar-refractivity contribution in [3.63, 3.8) is 0 Å². The number of anilines is 1. The van der Waals surface area contributed by atoms with Gasteiger partial charge in [-0.1, -0.05) is 97.1 Å². The number of rotatable bonds is 11. The Labute approximate surface area is 335 Å². The van der Waals surface area contributed by atoms with E-state index in [0.29, 0.717) is 42.1 Å². The lowest BCUT2D eigenvalue weighted by molar-refractivity contribution is -0.135. The number of aromatic nitrogens is 2. The predicted molar refractivity (Wildman–Crippen MR) is 216 cm³/mol. The van der Waals surface area contributed by atoms with Crippen LogP contribution in [0.4, 0.5) is 15.3 Å². The Hall–Kier alpha value is -6.96. The third-order valence-electron chi connectivity index (χ3n) is 10.7. The lowest BCUT2D eigenvalue weighted by atomic mass is 10.0. The van der Waals surface area contributed by atoms with Crippen LogP contribution in [0.25, 0.3) is 22.4 Å². The van der Waals surface area contributed by atoms with Gasteiger partial charge in [0.1, 0.15) is 17.9 Å². The minimum Gasteiger partial charge on any atom is -0.453 e. The van der Waals surface area contributed by atoms with Crippen molar-refractivity contribution < 1.29 is 33.4 Å². The summed E-state index contributed by atoms with van der Waals surface area (Å²) in [5, 5.41) is 8.31. The topological polar surface area (TPSA) is 175 Å². The third kappa shape index (κ3) is 8.86. The van der Waals surface area contributed by atoms with Crippen molar-refractivity contribution in [1.29, 1.82) is 0 Å². The average Bonchev–Trinajstić information content (AvgIpc) is 4.07. The number of alkyl carbamates (subject to hydrolysis) is 2. The fraction of sp³-hybridized carbons (Fsp3) is 0.273. The van der Waals surface area contributed by atoms with Gasteiger partial charge in [-0.3, -0.25) is 14.4 Å². The molecule has 0 saturated carbocycles. The van der Waals surface area contributed by atoms with E-state index < -0.39 is 30.2 Å². The summed E-state index contributed by atoms with van der Waals surface area (Å²) in [5.74, 6) is -0.432. The summed E-state index contributed by atoms with van der Waals surface area (Å²) < 4.78 is 9.55. The first-order valence-corrected chi connectivity index (χ1v) is 19.2. The number of carbonyl (C=O) groups is 5. The van der Waals surface area contributed by atoms with Gasteiger partial charge in [0.25, 0.3) is 5.91 Å². The molecule has 4 aromatic carbocycles. The number of carbonyl (C=O) groups excluding carboxylic acids is 5. The molecule has 0 unspecified atom stereocenters. The zero-order valence-corrected chi connectivity index (χ0v) is 32.2. The van der Waals surface area contributed by atoms with E-state index in [9.17, 15) is 24.0 Å². The number of ether oxygens (including phenoxy) is 2. The van der Waals surface area contributed by atoms with Crippen LogP contribution in [0.2, 0.25) is 0 Å². The molecule has 14 nitrogen and oxygen atoms in total. The first kappa shape index (κ1) is 39.3. The molecule has 3 heterocycles. The second kappa shape index (κ2) is 17.9. The smallest absolute Gasteiger partial charge is 0.407 e. The fourth-order valence-corrected chi connectivity index (χ4v) is 7.54. The standard InChI is InChI=1S/C44H45N7O7/c1-57-43(55)48-37(31-10-5-3-6-11-31)41(53)50-25-23-33(27-50)40(52)46-34-21-19-29(20-22-34)28-15-17-30(18-16-28)35-26-45-39(47-35)36-14-9-24-51(36)42(54)38(49-44(56)58-2)32-12-7-4-8-13-32/h3-8,10-13,15-22,26,33,36-38H,9,14,23-25,27H2,1-2H3,(H,45,47)(H,46,52)(H,48,55)(H,49,56)/t33-,36+,37+,38-/m1/s1. The number of amides is 5. The van der Waals surface area contributed by atoms with Gasteiger partial charge in [-0.05, 0) is 59.2 Å². The molecular formula is C44H45N7O7. The summed E-state index contributed by atoms with van der Waals surface area (Å²) >= 11 is 0. The van der Waals surface area contributed by atoms with Crippen LogP contribution in [0.5, 0.6) is 0 Å². The summed E-state index contributed by atoms with van der Waals surface area (Å²) in [5.41, 5.74) is 5.63. The fourth-order valence-electron chi connectivity index (χ4n) is 7.54. The van der Waals surface area contributed by atoms with Gasteiger partial charge in [-0.15, -0.1) is 0 Å². The molecule has 4 N–H and O–H groups in total.